The van der Waals surface area contributed by atoms with Gasteiger partial charge in [-0.05, 0) is 47.4 Å². The average Bonchev–Trinajstić information content (AvgIpc) is 3.09. The molecule has 3 aromatic carbocycles. The van der Waals surface area contributed by atoms with Crippen LogP contribution in [0.1, 0.15) is 25.3 Å². The molecule has 4 heteroatoms. The van der Waals surface area contributed by atoms with Crippen molar-refractivity contribution in [3.8, 4) is 11.1 Å². The highest BCUT2D eigenvalue weighted by Crippen LogP contribution is 2.35. The van der Waals surface area contributed by atoms with E-state index in [1.807, 2.05) is 30.5 Å². The third-order valence-corrected chi connectivity index (χ3v) is 4.97. The summed E-state index contributed by atoms with van der Waals surface area (Å²) in [6.07, 6.45) is 1.93. The van der Waals surface area contributed by atoms with Crippen molar-refractivity contribution < 1.29 is 4.79 Å². The second-order valence-corrected chi connectivity index (χ2v) is 7.22. The Bertz CT molecular complexity index is 1140. The van der Waals surface area contributed by atoms with Gasteiger partial charge in [0.15, 0.2) is 0 Å². The van der Waals surface area contributed by atoms with Crippen molar-refractivity contribution in [1.82, 2.24) is 4.57 Å². The number of nitrogens with one attached hydrogen (secondary N) is 1. The van der Waals surface area contributed by atoms with Gasteiger partial charge in [0.2, 0.25) is 0 Å². The van der Waals surface area contributed by atoms with Crippen LogP contribution in [0, 0.1) is 0 Å². The number of amides is 1. The standard InChI is InChI=1S/C24H23N3O/c1-16(2)19-7-3-4-8-20(19)22-15-27(23-10-6-5-9-21(22)23)24(28)26-18-13-11-17(25)12-14-18/h3-16H,25H2,1-2H3,(H,26,28). The van der Waals surface area contributed by atoms with Gasteiger partial charge in [-0.1, -0.05) is 56.3 Å². The second kappa shape index (κ2) is 7.24. The number of carbonyl (C=O) groups is 1. The van der Waals surface area contributed by atoms with Crippen molar-refractivity contribution in [2.24, 2.45) is 0 Å². The molecule has 1 aromatic heterocycles. The van der Waals surface area contributed by atoms with Gasteiger partial charge in [0.25, 0.3) is 0 Å². The number of fused-ring (bicyclic) bond motifs is 1. The molecule has 0 fully saturated rings. The molecule has 4 aromatic rings. The van der Waals surface area contributed by atoms with Crippen LogP contribution in [0.3, 0.4) is 0 Å². The number of nitrogen functional groups attached to an aromatic ring is 1. The van der Waals surface area contributed by atoms with E-state index < -0.39 is 0 Å². The van der Waals surface area contributed by atoms with Gasteiger partial charge >= 0.3 is 6.03 Å². The molecule has 0 aliphatic heterocycles. The van der Waals surface area contributed by atoms with Crippen molar-refractivity contribution in [2.45, 2.75) is 19.8 Å². The lowest BCUT2D eigenvalue weighted by Crippen LogP contribution is -2.18. The first-order valence-electron chi connectivity index (χ1n) is 9.41. The third-order valence-electron chi connectivity index (χ3n) is 4.97. The Hall–Kier alpha value is -3.53. The van der Waals surface area contributed by atoms with E-state index in [1.165, 1.54) is 5.56 Å². The lowest BCUT2D eigenvalue weighted by atomic mass is 9.92. The van der Waals surface area contributed by atoms with Gasteiger partial charge in [-0.3, -0.25) is 4.57 Å². The minimum atomic E-state index is -0.200. The molecule has 4 rings (SSSR count). The van der Waals surface area contributed by atoms with Crippen LogP contribution in [0.15, 0.2) is 79.0 Å². The van der Waals surface area contributed by atoms with Crippen molar-refractivity contribution >= 4 is 28.3 Å². The molecule has 1 heterocycles. The summed E-state index contributed by atoms with van der Waals surface area (Å²) < 4.78 is 1.68. The monoisotopic (exact) mass is 369 g/mol. The fraction of sp³-hybridized carbons (Fsp3) is 0.125. The zero-order chi connectivity index (χ0) is 19.7. The fourth-order valence-corrected chi connectivity index (χ4v) is 3.56. The highest BCUT2D eigenvalue weighted by Gasteiger charge is 2.17. The van der Waals surface area contributed by atoms with Gasteiger partial charge in [-0.25, -0.2) is 4.79 Å². The number of anilines is 2. The first-order chi connectivity index (χ1) is 13.5. The van der Waals surface area contributed by atoms with Crippen molar-refractivity contribution in [1.29, 1.82) is 0 Å². The molecule has 0 atom stereocenters. The van der Waals surface area contributed by atoms with Crippen LogP contribution in [0.5, 0.6) is 0 Å². The maximum absolute atomic E-state index is 13.0. The topological polar surface area (TPSA) is 60.0 Å². The number of para-hydroxylation sites is 1. The Balaban J connectivity index is 1.81. The average molecular weight is 369 g/mol. The zero-order valence-electron chi connectivity index (χ0n) is 16.0. The summed E-state index contributed by atoms with van der Waals surface area (Å²) in [7, 11) is 0. The molecular formula is C24H23N3O. The van der Waals surface area contributed by atoms with Crippen molar-refractivity contribution in [2.75, 3.05) is 11.1 Å². The lowest BCUT2D eigenvalue weighted by Gasteiger charge is -2.12. The normalized spacial score (nSPS) is 11.1. The SMILES string of the molecule is CC(C)c1ccccc1-c1cn(C(=O)Nc2ccc(N)cc2)c2ccccc12. The van der Waals surface area contributed by atoms with Crippen LogP contribution < -0.4 is 11.1 Å². The molecule has 0 saturated carbocycles. The predicted molar refractivity (Wildman–Crippen MR) is 117 cm³/mol. The minimum Gasteiger partial charge on any atom is -0.399 e. The van der Waals surface area contributed by atoms with Gasteiger partial charge in [0, 0.05) is 28.5 Å². The van der Waals surface area contributed by atoms with E-state index in [9.17, 15) is 4.79 Å². The zero-order valence-corrected chi connectivity index (χ0v) is 16.0. The third kappa shape index (κ3) is 3.25. The first kappa shape index (κ1) is 17.9. The summed E-state index contributed by atoms with van der Waals surface area (Å²) in [4.78, 5) is 13.0. The Kier molecular flexibility index (Phi) is 4.62. The van der Waals surface area contributed by atoms with E-state index in [-0.39, 0.29) is 6.03 Å². The Morgan fingerprint density at radius 1 is 0.893 bits per heavy atom. The predicted octanol–water partition coefficient (Wildman–Crippen LogP) is 6.09. The first-order valence-corrected chi connectivity index (χ1v) is 9.41. The van der Waals surface area contributed by atoms with Gasteiger partial charge < -0.3 is 11.1 Å². The molecule has 0 aliphatic rings. The van der Waals surface area contributed by atoms with E-state index in [4.69, 9.17) is 5.73 Å². The summed E-state index contributed by atoms with van der Waals surface area (Å²) in [6, 6.07) is 23.3. The van der Waals surface area contributed by atoms with Gasteiger partial charge in [-0.15, -0.1) is 0 Å². The Morgan fingerprint density at radius 2 is 1.57 bits per heavy atom. The van der Waals surface area contributed by atoms with E-state index in [0.29, 0.717) is 17.3 Å². The lowest BCUT2D eigenvalue weighted by molar-refractivity contribution is 0.254. The molecule has 0 radical (unpaired) electrons. The second-order valence-electron chi connectivity index (χ2n) is 7.22. The van der Waals surface area contributed by atoms with Crippen LogP contribution in [0.25, 0.3) is 22.0 Å². The van der Waals surface area contributed by atoms with E-state index in [0.717, 1.165) is 22.0 Å². The van der Waals surface area contributed by atoms with Crippen LogP contribution in [-0.2, 0) is 0 Å². The fourth-order valence-electron chi connectivity index (χ4n) is 3.56. The number of rotatable bonds is 3. The number of benzene rings is 3. The summed E-state index contributed by atoms with van der Waals surface area (Å²) in [5, 5.41) is 4.01. The number of hydrogen-bond acceptors (Lipinski definition) is 2. The number of hydrogen-bond donors (Lipinski definition) is 2. The summed E-state index contributed by atoms with van der Waals surface area (Å²) >= 11 is 0. The van der Waals surface area contributed by atoms with Crippen molar-refractivity contribution in [3.05, 3.63) is 84.6 Å². The van der Waals surface area contributed by atoms with Gasteiger partial charge in [-0.2, -0.15) is 0 Å². The molecule has 28 heavy (non-hydrogen) atoms. The molecule has 4 nitrogen and oxygen atoms in total. The minimum absolute atomic E-state index is 0.200. The van der Waals surface area contributed by atoms with Crippen LogP contribution >= 0.6 is 0 Å². The van der Waals surface area contributed by atoms with E-state index >= 15 is 0 Å². The summed E-state index contributed by atoms with van der Waals surface area (Å²) in [5.74, 6) is 0.391. The van der Waals surface area contributed by atoms with Gasteiger partial charge in [0.05, 0.1) is 5.52 Å². The Labute approximate surface area is 164 Å². The smallest absolute Gasteiger partial charge is 0.330 e. The Morgan fingerprint density at radius 3 is 2.32 bits per heavy atom. The van der Waals surface area contributed by atoms with E-state index in [2.05, 4.69) is 43.4 Å². The van der Waals surface area contributed by atoms with E-state index in [1.54, 1.807) is 28.8 Å². The number of carbonyl (C=O) groups excluding carboxylic acids is 1. The van der Waals surface area contributed by atoms with Gasteiger partial charge in [0.1, 0.15) is 0 Å². The largest absolute Gasteiger partial charge is 0.399 e. The number of aromatic nitrogens is 1. The highest BCUT2D eigenvalue weighted by atomic mass is 16.2. The molecular weight excluding hydrogens is 346 g/mol. The molecule has 1 amide bonds. The molecule has 3 N–H and O–H groups in total. The summed E-state index contributed by atoms with van der Waals surface area (Å²) in [6.45, 7) is 4.37. The molecule has 0 aliphatic carbocycles. The molecule has 0 saturated heterocycles. The number of nitrogens with two attached hydrogens (primary N) is 1. The maximum Gasteiger partial charge on any atom is 0.330 e. The van der Waals surface area contributed by atoms with Crippen LogP contribution in [-0.4, -0.2) is 10.6 Å². The molecule has 140 valence electrons. The maximum atomic E-state index is 13.0. The van der Waals surface area contributed by atoms with Crippen LogP contribution in [0.4, 0.5) is 16.2 Å². The molecule has 0 bridgehead atoms. The molecule has 0 spiro atoms. The quantitative estimate of drug-likeness (QED) is 0.429. The molecule has 0 unspecified atom stereocenters. The highest BCUT2D eigenvalue weighted by molar-refractivity contribution is 6.05. The van der Waals surface area contributed by atoms with Crippen LogP contribution in [0.2, 0.25) is 0 Å². The summed E-state index contributed by atoms with van der Waals surface area (Å²) in [5.41, 5.74) is 11.5. The number of nitrogens with zero attached hydrogens (tertiary/aromatic N) is 1. The van der Waals surface area contributed by atoms with Crippen molar-refractivity contribution in [3.63, 3.8) is 0 Å².